The van der Waals surface area contributed by atoms with Gasteiger partial charge in [-0.05, 0) is 0 Å². The maximum Gasteiger partial charge on any atom is 0.408 e. The van der Waals surface area contributed by atoms with E-state index in [2.05, 4.69) is 25.6 Å². The largest absolute Gasteiger partial charge is 0.408 e. The summed E-state index contributed by atoms with van der Waals surface area (Å²) in [5.74, 6) is -0.201. The van der Waals surface area contributed by atoms with E-state index in [1.54, 1.807) is 5.38 Å². The Kier molecular flexibility index (Phi) is 10.1. The van der Waals surface area contributed by atoms with E-state index in [-0.39, 0.29) is 11.7 Å². The summed E-state index contributed by atoms with van der Waals surface area (Å²) in [6, 6.07) is 0. The molecular formula is C13H19F6N7O2S3. The maximum absolute atomic E-state index is 12.3. The molecule has 0 atom stereocenters. The van der Waals surface area contributed by atoms with Gasteiger partial charge in [-0.2, -0.15) is 38.1 Å². The van der Waals surface area contributed by atoms with Gasteiger partial charge in [-0.25, -0.2) is 23.4 Å². The van der Waals surface area contributed by atoms with Gasteiger partial charge < -0.3 is 16.4 Å². The number of aliphatic imine (C=N–C) groups is 2. The van der Waals surface area contributed by atoms with Crippen LogP contribution in [0.2, 0.25) is 0 Å². The summed E-state index contributed by atoms with van der Waals surface area (Å²) in [5.41, 5.74) is 5.93. The number of anilines is 1. The van der Waals surface area contributed by atoms with Crippen molar-refractivity contribution in [3.63, 3.8) is 0 Å². The summed E-state index contributed by atoms with van der Waals surface area (Å²) in [7, 11) is -3.81. The van der Waals surface area contributed by atoms with E-state index < -0.39 is 47.4 Å². The molecule has 1 aromatic heterocycles. The van der Waals surface area contributed by atoms with Crippen molar-refractivity contribution in [3.05, 3.63) is 11.1 Å². The highest BCUT2D eigenvalue weighted by atomic mass is 32.2. The Morgan fingerprint density at radius 1 is 1.19 bits per heavy atom. The molecule has 31 heavy (non-hydrogen) atoms. The van der Waals surface area contributed by atoms with Crippen molar-refractivity contribution in [1.29, 1.82) is 0 Å². The van der Waals surface area contributed by atoms with Gasteiger partial charge in [0.2, 0.25) is 16.0 Å². The van der Waals surface area contributed by atoms with Crippen molar-refractivity contribution in [3.8, 4) is 0 Å². The van der Waals surface area contributed by atoms with Crippen LogP contribution in [0.4, 0.5) is 31.5 Å². The van der Waals surface area contributed by atoms with E-state index in [1.165, 1.54) is 11.8 Å². The number of nitrogens with two attached hydrogens (primary N) is 1. The van der Waals surface area contributed by atoms with Crippen LogP contribution in [0, 0.1) is 0 Å². The number of hydrogen-bond acceptors (Lipinski definition) is 7. The van der Waals surface area contributed by atoms with Crippen LogP contribution in [-0.2, 0) is 15.8 Å². The fraction of sp³-hybridized carbons (Fsp3) is 0.615. The Balaban J connectivity index is 2.45. The van der Waals surface area contributed by atoms with Crippen molar-refractivity contribution in [2.45, 2.75) is 18.1 Å². The molecule has 0 aliphatic heterocycles. The SMILES string of the molecule is CS(=O)(=O)NC(=NCC(F)(F)F)NCCSCc1csc(NC(N)=NCC(F)(F)F)n1. The molecule has 0 saturated carbocycles. The fourth-order valence-electron chi connectivity index (χ4n) is 1.64. The molecule has 9 nitrogen and oxygen atoms in total. The Bertz CT molecular complexity index is 868. The van der Waals surface area contributed by atoms with Crippen LogP contribution < -0.4 is 21.1 Å². The van der Waals surface area contributed by atoms with Crippen LogP contribution in [-0.4, -0.2) is 69.3 Å². The first-order valence-corrected chi connectivity index (χ1v) is 12.0. The lowest BCUT2D eigenvalue weighted by Gasteiger charge is -2.11. The quantitative estimate of drug-likeness (QED) is 0.170. The van der Waals surface area contributed by atoms with Gasteiger partial charge in [0, 0.05) is 23.4 Å². The Morgan fingerprint density at radius 2 is 1.81 bits per heavy atom. The van der Waals surface area contributed by atoms with E-state index in [0.717, 1.165) is 17.6 Å². The molecule has 0 aliphatic rings. The monoisotopic (exact) mass is 515 g/mol. The summed E-state index contributed by atoms with van der Waals surface area (Å²) in [4.78, 5) is 10.4. The second-order valence-corrected chi connectivity index (χ2v) is 9.43. The Morgan fingerprint density at radius 3 is 2.39 bits per heavy atom. The number of thioether (sulfide) groups is 1. The summed E-state index contributed by atoms with van der Waals surface area (Å²) in [5, 5.41) is 6.80. The molecule has 0 unspecified atom stereocenters. The molecule has 0 aliphatic carbocycles. The highest BCUT2D eigenvalue weighted by Crippen LogP contribution is 2.20. The van der Waals surface area contributed by atoms with E-state index in [4.69, 9.17) is 5.73 Å². The summed E-state index contributed by atoms with van der Waals surface area (Å²) < 4.78 is 97.3. The zero-order chi connectivity index (χ0) is 23.7. The lowest BCUT2D eigenvalue weighted by atomic mass is 10.6. The topological polar surface area (TPSA) is 134 Å². The molecule has 18 heteroatoms. The molecule has 178 valence electrons. The van der Waals surface area contributed by atoms with Crippen LogP contribution in [0.25, 0.3) is 0 Å². The molecule has 0 aromatic carbocycles. The molecule has 0 spiro atoms. The van der Waals surface area contributed by atoms with Crippen molar-refractivity contribution < 1.29 is 34.8 Å². The molecule has 5 N–H and O–H groups in total. The number of aromatic nitrogens is 1. The summed E-state index contributed by atoms with van der Waals surface area (Å²) >= 11 is 2.42. The number of alkyl halides is 6. The van der Waals surface area contributed by atoms with E-state index in [9.17, 15) is 34.8 Å². The van der Waals surface area contributed by atoms with Crippen LogP contribution >= 0.6 is 23.1 Å². The van der Waals surface area contributed by atoms with Gasteiger partial charge in [0.05, 0.1) is 11.9 Å². The number of rotatable bonds is 9. The first kappa shape index (κ1) is 27.1. The number of sulfonamides is 1. The van der Waals surface area contributed by atoms with Gasteiger partial charge in [-0.3, -0.25) is 4.72 Å². The van der Waals surface area contributed by atoms with E-state index in [1.807, 2.05) is 4.72 Å². The second kappa shape index (κ2) is 11.6. The fourth-order valence-corrected chi connectivity index (χ4v) is 3.70. The molecule has 1 rings (SSSR count). The lowest BCUT2D eigenvalue weighted by molar-refractivity contribution is -0.119. The minimum Gasteiger partial charge on any atom is -0.370 e. The minimum atomic E-state index is -4.59. The predicted molar refractivity (Wildman–Crippen MR) is 109 cm³/mol. The maximum atomic E-state index is 12.3. The van der Waals surface area contributed by atoms with Gasteiger partial charge in [-0.1, -0.05) is 0 Å². The molecule has 0 amide bonds. The number of guanidine groups is 2. The summed E-state index contributed by atoms with van der Waals surface area (Å²) in [6.07, 6.45) is -8.28. The first-order chi connectivity index (χ1) is 14.1. The van der Waals surface area contributed by atoms with Crippen molar-refractivity contribution >= 4 is 50.2 Å². The van der Waals surface area contributed by atoms with Crippen LogP contribution in [0.5, 0.6) is 0 Å². The van der Waals surface area contributed by atoms with Gasteiger partial charge in [0.25, 0.3) is 0 Å². The number of thiazole rings is 1. The molecule has 0 saturated heterocycles. The third-order valence-corrected chi connectivity index (χ3v) is 5.07. The van der Waals surface area contributed by atoms with Gasteiger partial charge in [0.15, 0.2) is 11.1 Å². The number of nitrogens with zero attached hydrogens (tertiary/aromatic N) is 3. The molecule has 1 heterocycles. The van der Waals surface area contributed by atoms with Crippen molar-refractivity contribution in [2.75, 3.05) is 37.0 Å². The average Bonchev–Trinajstić information content (AvgIpc) is 3.02. The zero-order valence-corrected chi connectivity index (χ0v) is 18.3. The van der Waals surface area contributed by atoms with Gasteiger partial charge in [-0.15, -0.1) is 11.3 Å². The molecular weight excluding hydrogens is 496 g/mol. The normalized spacial score (nSPS) is 13.9. The smallest absolute Gasteiger partial charge is 0.370 e. The van der Waals surface area contributed by atoms with Crippen LogP contribution in [0.1, 0.15) is 5.69 Å². The van der Waals surface area contributed by atoms with E-state index in [0.29, 0.717) is 17.2 Å². The highest BCUT2D eigenvalue weighted by Gasteiger charge is 2.27. The van der Waals surface area contributed by atoms with Crippen LogP contribution in [0.15, 0.2) is 15.4 Å². The minimum absolute atomic E-state index is 0.107. The van der Waals surface area contributed by atoms with Crippen molar-refractivity contribution in [1.82, 2.24) is 15.0 Å². The zero-order valence-electron chi connectivity index (χ0n) is 15.8. The third-order valence-electron chi connectivity index (χ3n) is 2.70. The number of nitrogens with one attached hydrogen (secondary N) is 3. The highest BCUT2D eigenvalue weighted by molar-refractivity contribution is 7.98. The van der Waals surface area contributed by atoms with E-state index >= 15 is 0 Å². The predicted octanol–water partition coefficient (Wildman–Crippen LogP) is 1.72. The lowest BCUT2D eigenvalue weighted by Crippen LogP contribution is -2.42. The average molecular weight is 516 g/mol. The summed E-state index contributed by atoms with van der Waals surface area (Å²) in [6.45, 7) is -2.86. The Labute approximate surface area is 182 Å². The standard InChI is InChI=1S/C13H19F6N7O2S3/c1-31(27,28)26-10(23-7-13(17,18)19)21-2-3-29-4-8-5-30-11(24-8)25-9(20)22-6-12(14,15)16/h5H,2-4,6-7H2,1H3,(H2,21,23,26)(H3,20,22,24,25). The first-order valence-electron chi connectivity index (χ1n) is 8.12. The van der Waals surface area contributed by atoms with Gasteiger partial charge >= 0.3 is 12.4 Å². The third kappa shape index (κ3) is 14.6. The molecule has 0 radical (unpaired) electrons. The van der Waals surface area contributed by atoms with Crippen molar-refractivity contribution in [2.24, 2.45) is 15.7 Å². The molecule has 1 aromatic rings. The number of hydrogen-bond donors (Lipinski definition) is 4. The second-order valence-electron chi connectivity index (χ2n) is 5.72. The van der Waals surface area contributed by atoms with Gasteiger partial charge in [0.1, 0.15) is 13.1 Å². The molecule has 0 fully saturated rings. The van der Waals surface area contributed by atoms with Crippen LogP contribution in [0.3, 0.4) is 0 Å². The number of halogens is 6. The Hall–Kier alpha value is -1.95. The molecule has 0 bridgehead atoms.